The van der Waals surface area contributed by atoms with Crippen LogP contribution < -0.4 is 9.64 Å². The van der Waals surface area contributed by atoms with Crippen LogP contribution in [0.15, 0.2) is 83.8 Å². The van der Waals surface area contributed by atoms with Crippen LogP contribution in [0, 0.1) is 5.82 Å². The Labute approximate surface area is 215 Å². The van der Waals surface area contributed by atoms with Crippen molar-refractivity contribution in [3.8, 4) is 11.6 Å². The highest BCUT2D eigenvalue weighted by atomic mass is 32.2. The molecule has 0 N–H and O–H groups in total. The van der Waals surface area contributed by atoms with Crippen molar-refractivity contribution in [1.82, 2.24) is 14.3 Å². The van der Waals surface area contributed by atoms with Crippen LogP contribution in [0.3, 0.4) is 0 Å². The van der Waals surface area contributed by atoms with Crippen LogP contribution in [-0.4, -0.2) is 35.8 Å². The third-order valence-electron chi connectivity index (χ3n) is 6.78. The van der Waals surface area contributed by atoms with Gasteiger partial charge in [-0.2, -0.15) is 9.29 Å². The van der Waals surface area contributed by atoms with Gasteiger partial charge in [-0.25, -0.2) is 17.8 Å². The average Bonchev–Trinajstić information content (AvgIpc) is 2.93. The monoisotopic (exact) mass is 516 g/mol. The van der Waals surface area contributed by atoms with E-state index in [9.17, 15) is 12.8 Å². The van der Waals surface area contributed by atoms with Crippen molar-refractivity contribution >= 4 is 16.0 Å². The highest BCUT2D eigenvalue weighted by molar-refractivity contribution is 7.89. The molecule has 1 aromatic heterocycles. The number of aromatic nitrogens is 2. The van der Waals surface area contributed by atoms with E-state index < -0.39 is 15.8 Å². The lowest BCUT2D eigenvalue weighted by Gasteiger charge is -2.32. The zero-order valence-corrected chi connectivity index (χ0v) is 20.9. The first-order valence-electron chi connectivity index (χ1n) is 12.2. The Bertz CT molecular complexity index is 1560. The number of anilines is 1. The van der Waals surface area contributed by atoms with E-state index in [2.05, 4.69) is 17.0 Å². The van der Waals surface area contributed by atoms with E-state index in [1.807, 2.05) is 12.1 Å². The SMILES string of the molecule is O=S(=O)(c1ccccc1)N1CCc2nc(N3CCc4ccccc4C3)nc(Oc3cccc(F)c3)c2C1. The molecule has 188 valence electrons. The second-order valence-electron chi connectivity index (χ2n) is 9.16. The van der Waals surface area contributed by atoms with Gasteiger partial charge in [-0.3, -0.25) is 0 Å². The predicted octanol–water partition coefficient (Wildman–Crippen LogP) is 4.72. The summed E-state index contributed by atoms with van der Waals surface area (Å²) in [6, 6.07) is 22.5. The van der Waals surface area contributed by atoms with Crippen molar-refractivity contribution < 1.29 is 17.5 Å². The fourth-order valence-corrected chi connectivity index (χ4v) is 6.26. The van der Waals surface area contributed by atoms with Crippen molar-refractivity contribution in [1.29, 1.82) is 0 Å². The maximum absolute atomic E-state index is 13.9. The summed E-state index contributed by atoms with van der Waals surface area (Å²) < 4.78 is 48.1. The Morgan fingerprint density at radius 3 is 2.41 bits per heavy atom. The first-order valence-corrected chi connectivity index (χ1v) is 13.6. The summed E-state index contributed by atoms with van der Waals surface area (Å²) in [6.45, 7) is 1.79. The maximum Gasteiger partial charge on any atom is 0.243 e. The Balaban J connectivity index is 1.38. The Kier molecular flexibility index (Phi) is 6.10. The zero-order valence-electron chi connectivity index (χ0n) is 20.0. The minimum atomic E-state index is -3.71. The van der Waals surface area contributed by atoms with Gasteiger partial charge in [0.05, 0.1) is 16.2 Å². The van der Waals surface area contributed by atoms with Crippen LogP contribution in [0.4, 0.5) is 10.3 Å². The molecule has 0 spiro atoms. The van der Waals surface area contributed by atoms with Crippen LogP contribution in [0.1, 0.15) is 22.4 Å². The van der Waals surface area contributed by atoms with Crippen LogP contribution in [0.2, 0.25) is 0 Å². The van der Waals surface area contributed by atoms with Crippen LogP contribution in [0.5, 0.6) is 11.6 Å². The Morgan fingerprint density at radius 1 is 0.811 bits per heavy atom. The van der Waals surface area contributed by atoms with Gasteiger partial charge in [0.25, 0.3) is 0 Å². The number of hydrogen-bond donors (Lipinski definition) is 0. The molecule has 7 nitrogen and oxygen atoms in total. The van der Waals surface area contributed by atoms with Crippen LogP contribution in [0.25, 0.3) is 0 Å². The second-order valence-corrected chi connectivity index (χ2v) is 11.1. The molecule has 3 heterocycles. The second kappa shape index (κ2) is 9.57. The molecule has 0 saturated heterocycles. The van der Waals surface area contributed by atoms with Crippen molar-refractivity contribution in [2.75, 3.05) is 18.0 Å². The van der Waals surface area contributed by atoms with Gasteiger partial charge in [0, 0.05) is 38.7 Å². The lowest BCUT2D eigenvalue weighted by Crippen LogP contribution is -2.37. The topological polar surface area (TPSA) is 75.6 Å². The van der Waals surface area contributed by atoms with Crippen molar-refractivity contribution in [3.63, 3.8) is 0 Å². The summed E-state index contributed by atoms with van der Waals surface area (Å²) in [5.74, 6) is 0.636. The van der Waals surface area contributed by atoms with Crippen LogP contribution in [-0.2, 0) is 36.0 Å². The normalized spacial score (nSPS) is 15.6. The molecule has 2 aliphatic rings. The number of rotatable bonds is 5. The zero-order chi connectivity index (χ0) is 25.4. The number of fused-ring (bicyclic) bond motifs is 2. The molecule has 0 unspecified atom stereocenters. The quantitative estimate of drug-likeness (QED) is 0.382. The molecule has 0 fully saturated rings. The fraction of sp³-hybridized carbons (Fsp3) is 0.214. The molecule has 0 amide bonds. The number of ether oxygens (including phenoxy) is 1. The number of halogens is 1. The molecule has 9 heteroatoms. The number of hydrogen-bond acceptors (Lipinski definition) is 6. The Morgan fingerprint density at radius 2 is 1.59 bits per heavy atom. The minimum Gasteiger partial charge on any atom is -0.438 e. The summed E-state index contributed by atoms with van der Waals surface area (Å²) in [4.78, 5) is 11.9. The van der Waals surface area contributed by atoms with Crippen LogP contribution >= 0.6 is 0 Å². The fourth-order valence-electron chi connectivity index (χ4n) is 4.83. The number of benzene rings is 3. The van der Waals surface area contributed by atoms with E-state index in [-0.39, 0.29) is 17.3 Å². The highest BCUT2D eigenvalue weighted by Gasteiger charge is 2.33. The summed E-state index contributed by atoms with van der Waals surface area (Å²) in [5, 5.41) is 0. The van der Waals surface area contributed by atoms with E-state index in [1.165, 1.54) is 27.6 Å². The minimum absolute atomic E-state index is 0.0698. The van der Waals surface area contributed by atoms with Crippen molar-refractivity contribution in [2.45, 2.75) is 30.8 Å². The average molecular weight is 517 g/mol. The third kappa shape index (κ3) is 4.68. The maximum atomic E-state index is 13.9. The molecule has 0 radical (unpaired) electrons. The molecule has 0 bridgehead atoms. The van der Waals surface area contributed by atoms with Gasteiger partial charge in [0.2, 0.25) is 21.9 Å². The molecular formula is C28H25FN4O3S. The van der Waals surface area contributed by atoms with Gasteiger partial charge in [-0.1, -0.05) is 48.5 Å². The largest absolute Gasteiger partial charge is 0.438 e. The van der Waals surface area contributed by atoms with Gasteiger partial charge in [-0.05, 0) is 41.8 Å². The van der Waals surface area contributed by atoms with E-state index in [0.717, 1.165) is 18.7 Å². The third-order valence-corrected chi connectivity index (χ3v) is 8.64. The predicted molar refractivity (Wildman–Crippen MR) is 137 cm³/mol. The molecule has 4 aromatic rings. The van der Waals surface area contributed by atoms with Gasteiger partial charge < -0.3 is 9.64 Å². The summed E-state index contributed by atoms with van der Waals surface area (Å²) >= 11 is 0. The molecule has 3 aromatic carbocycles. The summed E-state index contributed by atoms with van der Waals surface area (Å²) in [7, 11) is -3.71. The molecular weight excluding hydrogens is 491 g/mol. The first kappa shape index (κ1) is 23.6. The molecule has 0 atom stereocenters. The van der Waals surface area contributed by atoms with Gasteiger partial charge in [0.15, 0.2) is 0 Å². The lowest BCUT2D eigenvalue weighted by atomic mass is 10.0. The lowest BCUT2D eigenvalue weighted by molar-refractivity contribution is 0.368. The summed E-state index contributed by atoms with van der Waals surface area (Å²) in [5.41, 5.74) is 3.88. The number of nitrogens with zero attached hydrogens (tertiary/aromatic N) is 4. The van der Waals surface area contributed by atoms with Crippen molar-refractivity contribution in [3.05, 3.63) is 107 Å². The molecule has 6 rings (SSSR count). The highest BCUT2D eigenvalue weighted by Crippen LogP contribution is 2.34. The molecule has 37 heavy (non-hydrogen) atoms. The smallest absolute Gasteiger partial charge is 0.243 e. The van der Waals surface area contributed by atoms with Gasteiger partial charge in [-0.15, -0.1) is 0 Å². The van der Waals surface area contributed by atoms with E-state index in [0.29, 0.717) is 36.8 Å². The molecule has 2 aliphatic heterocycles. The van der Waals surface area contributed by atoms with E-state index in [1.54, 1.807) is 42.5 Å². The number of sulfonamides is 1. The Hall–Kier alpha value is -3.82. The standard InChI is InChI=1S/C28H25FN4O3S/c29-22-9-6-10-23(17-22)36-27-25-19-33(37(34,35)24-11-2-1-3-12-24)16-14-26(25)30-28(31-27)32-15-13-20-7-4-5-8-21(20)18-32/h1-12,17H,13-16,18-19H2. The van der Waals surface area contributed by atoms with Gasteiger partial charge >= 0.3 is 0 Å². The van der Waals surface area contributed by atoms with Gasteiger partial charge in [0.1, 0.15) is 11.6 Å². The van der Waals surface area contributed by atoms with E-state index in [4.69, 9.17) is 14.7 Å². The van der Waals surface area contributed by atoms with Crippen molar-refractivity contribution in [2.24, 2.45) is 0 Å². The summed E-state index contributed by atoms with van der Waals surface area (Å²) in [6.07, 6.45) is 1.29. The molecule has 0 aliphatic carbocycles. The first-order chi connectivity index (χ1) is 18.0. The molecule has 0 saturated carbocycles. The van der Waals surface area contributed by atoms with E-state index >= 15 is 0 Å².